The molecule has 0 aliphatic carbocycles. The Morgan fingerprint density at radius 2 is 1.44 bits per heavy atom. The van der Waals surface area contributed by atoms with Crippen LogP contribution in [0.3, 0.4) is 0 Å². The van der Waals surface area contributed by atoms with Gasteiger partial charge in [0.05, 0.1) is 80.3 Å². The smallest absolute Gasteiger partial charge is 0.290 e. The predicted octanol–water partition coefficient (Wildman–Crippen LogP) is 8.68. The molecule has 50 heavy (non-hydrogen) atoms. The van der Waals surface area contributed by atoms with Gasteiger partial charge in [-0.3, -0.25) is 19.3 Å². The van der Waals surface area contributed by atoms with Crippen molar-refractivity contribution in [3.63, 3.8) is 0 Å². The standard InChI is InChI=1S/C16H14BrF2IN2O3.C15H11BrClF2IN2O3/c1-9-8-10(20)2-5-13(9)21-15-11(3-4-12(18)14(15)19)16(24)22(17)25-7-6-23;16-9-6-8(15(24)22-25-4-3-23)14(13(19)12(9)18)21-11-2-1-7(20)5-10(11)17/h2-5,8,21,23H,6-7H2,1H3;1-2,5-6,21,23H,3-4H2,(H,22,24). The van der Waals surface area contributed by atoms with E-state index in [4.69, 9.17) is 31.5 Å². The molecule has 0 bridgehead atoms. The van der Waals surface area contributed by atoms with Crippen molar-refractivity contribution in [2.75, 3.05) is 37.1 Å². The van der Waals surface area contributed by atoms with E-state index in [1.54, 1.807) is 30.3 Å². The molecule has 0 saturated heterocycles. The maximum Gasteiger partial charge on any atom is 0.290 e. The van der Waals surface area contributed by atoms with Crippen LogP contribution >= 0.6 is 88.9 Å². The summed E-state index contributed by atoms with van der Waals surface area (Å²) < 4.78 is 58.6. The Kier molecular flexibility index (Phi) is 16.9. The number of hydroxylamine groups is 2. The van der Waals surface area contributed by atoms with Gasteiger partial charge in [-0.25, -0.2) is 23.0 Å². The van der Waals surface area contributed by atoms with Gasteiger partial charge >= 0.3 is 0 Å². The molecule has 0 atom stereocenters. The van der Waals surface area contributed by atoms with Gasteiger partial charge in [-0.05, 0) is 128 Å². The van der Waals surface area contributed by atoms with Crippen molar-refractivity contribution in [3.8, 4) is 0 Å². The first-order chi connectivity index (χ1) is 23.7. The number of aliphatic hydroxyl groups is 2. The average Bonchev–Trinajstić information content (AvgIpc) is 3.08. The minimum atomic E-state index is -1.25. The number of carbonyl (C=O) groups is 2. The number of aryl methyl sites for hydroxylation is 1. The Labute approximate surface area is 332 Å². The summed E-state index contributed by atoms with van der Waals surface area (Å²) in [4.78, 5) is 34.2. The van der Waals surface area contributed by atoms with Crippen LogP contribution in [0.1, 0.15) is 26.3 Å². The highest BCUT2D eigenvalue weighted by atomic mass is 127. The molecule has 10 nitrogen and oxygen atoms in total. The van der Waals surface area contributed by atoms with Gasteiger partial charge in [-0.15, -0.1) is 4.09 Å². The van der Waals surface area contributed by atoms with E-state index < -0.39 is 40.8 Å². The molecule has 0 unspecified atom stereocenters. The fraction of sp³-hybridized carbons (Fsp3) is 0.161. The number of rotatable bonds is 12. The molecular formula is C31H25Br2ClF4I2N4O6. The number of amides is 2. The molecule has 0 spiro atoms. The summed E-state index contributed by atoms with van der Waals surface area (Å²) in [6.07, 6.45) is 0. The number of hydrogen-bond acceptors (Lipinski definition) is 8. The number of nitrogens with one attached hydrogen (secondary N) is 3. The van der Waals surface area contributed by atoms with Crippen LogP contribution < -0.4 is 16.1 Å². The third-order valence-electron chi connectivity index (χ3n) is 6.18. The first kappa shape index (κ1) is 42.1. The van der Waals surface area contributed by atoms with Gasteiger partial charge in [-0.1, -0.05) is 11.6 Å². The molecule has 4 rings (SSSR count). The Morgan fingerprint density at radius 3 is 2.06 bits per heavy atom. The number of benzene rings is 4. The van der Waals surface area contributed by atoms with Crippen LogP contribution in [-0.2, 0) is 9.68 Å². The lowest BCUT2D eigenvalue weighted by atomic mass is 10.1. The molecule has 0 saturated carbocycles. The quantitative estimate of drug-likeness (QED) is 0.0238. The van der Waals surface area contributed by atoms with E-state index in [1.165, 1.54) is 0 Å². The molecule has 0 aromatic heterocycles. The number of anilines is 4. The van der Waals surface area contributed by atoms with Crippen LogP contribution in [0.15, 0.2) is 59.1 Å². The number of carbonyl (C=O) groups excluding carboxylic acids is 2. The summed E-state index contributed by atoms with van der Waals surface area (Å²) in [5.41, 5.74) is 2.65. The monoisotopic (exact) mass is 1070 g/mol. The second-order valence-corrected chi connectivity index (χ2v) is 14.0. The summed E-state index contributed by atoms with van der Waals surface area (Å²) in [5.74, 6) is -6.24. The molecule has 2 amide bonds. The molecule has 0 radical (unpaired) electrons. The zero-order chi connectivity index (χ0) is 37.1. The van der Waals surface area contributed by atoms with Crippen LogP contribution in [0, 0.1) is 37.3 Å². The highest BCUT2D eigenvalue weighted by Crippen LogP contribution is 2.34. The van der Waals surface area contributed by atoms with Crippen LogP contribution in [0.5, 0.6) is 0 Å². The highest BCUT2D eigenvalue weighted by Gasteiger charge is 2.25. The van der Waals surface area contributed by atoms with Crippen molar-refractivity contribution in [1.82, 2.24) is 9.57 Å². The fourth-order valence-corrected chi connectivity index (χ4v) is 6.16. The first-order valence-electron chi connectivity index (χ1n) is 13.9. The summed E-state index contributed by atoms with van der Waals surface area (Å²) in [7, 11) is 0. The molecule has 5 N–H and O–H groups in total. The van der Waals surface area contributed by atoms with Crippen LogP contribution in [0.25, 0.3) is 0 Å². The Bertz CT molecular complexity index is 1870. The largest absolute Gasteiger partial charge is 0.394 e. The van der Waals surface area contributed by atoms with Crippen molar-refractivity contribution in [1.29, 1.82) is 0 Å². The second-order valence-electron chi connectivity index (χ2n) is 9.64. The molecule has 0 heterocycles. The molecular weight excluding hydrogens is 1050 g/mol. The van der Waals surface area contributed by atoms with Crippen LogP contribution in [0.2, 0.25) is 5.02 Å². The molecule has 19 heteroatoms. The zero-order valence-corrected chi connectivity index (χ0v) is 33.6. The van der Waals surface area contributed by atoms with E-state index in [2.05, 4.69) is 87.9 Å². The van der Waals surface area contributed by atoms with Crippen LogP contribution in [0.4, 0.5) is 40.3 Å². The number of aliphatic hydroxyl groups excluding tert-OH is 2. The second kappa shape index (κ2) is 20.1. The van der Waals surface area contributed by atoms with Gasteiger partial charge in [0, 0.05) is 12.8 Å². The Balaban J connectivity index is 0.000000270. The van der Waals surface area contributed by atoms with Gasteiger partial charge in [-0.2, -0.15) is 0 Å². The normalized spacial score (nSPS) is 10.6. The lowest BCUT2D eigenvalue weighted by Gasteiger charge is -2.18. The maximum absolute atomic E-state index is 14.4. The van der Waals surface area contributed by atoms with E-state index in [9.17, 15) is 27.2 Å². The van der Waals surface area contributed by atoms with Gasteiger partial charge in [0.1, 0.15) is 0 Å². The third kappa shape index (κ3) is 11.3. The highest BCUT2D eigenvalue weighted by molar-refractivity contribution is 14.1. The number of halogens is 9. The summed E-state index contributed by atoms with van der Waals surface area (Å²) >= 11 is 16.0. The Hall–Kier alpha value is -2.31. The van der Waals surface area contributed by atoms with Gasteiger partial charge < -0.3 is 20.8 Å². The molecule has 4 aromatic rings. The third-order valence-corrected chi connectivity index (χ3v) is 8.94. The van der Waals surface area contributed by atoms with Crippen molar-refractivity contribution >= 4 is 123 Å². The minimum Gasteiger partial charge on any atom is -0.394 e. The molecule has 0 aliphatic heterocycles. The van der Waals surface area contributed by atoms with E-state index in [0.29, 0.717) is 15.5 Å². The summed E-state index contributed by atoms with van der Waals surface area (Å²) in [6, 6.07) is 13.4. The van der Waals surface area contributed by atoms with Crippen molar-refractivity contribution in [2.24, 2.45) is 0 Å². The predicted molar refractivity (Wildman–Crippen MR) is 204 cm³/mol. The fourth-order valence-electron chi connectivity index (χ4n) is 3.87. The van der Waals surface area contributed by atoms with Gasteiger partial charge in [0.2, 0.25) is 0 Å². The van der Waals surface area contributed by atoms with E-state index in [-0.39, 0.29) is 52.7 Å². The van der Waals surface area contributed by atoms with E-state index >= 15 is 0 Å². The summed E-state index contributed by atoms with van der Waals surface area (Å²) in [5, 5.41) is 23.1. The van der Waals surface area contributed by atoms with E-state index in [0.717, 1.165) is 30.9 Å². The van der Waals surface area contributed by atoms with Crippen molar-refractivity contribution < 1.29 is 47.0 Å². The molecule has 4 aromatic carbocycles. The lowest BCUT2D eigenvalue weighted by Crippen LogP contribution is -2.26. The molecule has 268 valence electrons. The zero-order valence-electron chi connectivity index (χ0n) is 25.4. The van der Waals surface area contributed by atoms with Crippen molar-refractivity contribution in [2.45, 2.75) is 6.92 Å². The first-order valence-corrected chi connectivity index (χ1v) is 17.9. The number of nitrogens with zero attached hydrogens (tertiary/aromatic N) is 1. The number of hydrogen-bond donors (Lipinski definition) is 5. The maximum atomic E-state index is 14.4. The average molecular weight is 1070 g/mol. The van der Waals surface area contributed by atoms with Gasteiger partial charge in [0.15, 0.2) is 23.3 Å². The van der Waals surface area contributed by atoms with E-state index in [1.807, 2.05) is 18.5 Å². The minimum absolute atomic E-state index is 0.133. The molecule has 0 aliphatic rings. The van der Waals surface area contributed by atoms with Gasteiger partial charge in [0.25, 0.3) is 11.8 Å². The Morgan fingerprint density at radius 1 is 0.840 bits per heavy atom. The lowest BCUT2D eigenvalue weighted by molar-refractivity contribution is -0.0570. The topological polar surface area (TPSA) is 132 Å². The SMILES string of the molecule is Cc1cc(I)ccc1Nc1c(C(=O)N(Br)OCCO)ccc(F)c1F.O=C(NOCCO)c1cc(Br)c(F)c(F)c1Nc1ccc(I)cc1Cl. The van der Waals surface area contributed by atoms with Crippen LogP contribution in [-0.4, -0.2) is 52.5 Å². The van der Waals surface area contributed by atoms with Crippen molar-refractivity contribution in [3.05, 3.63) is 111 Å². The molecule has 0 fully saturated rings. The summed E-state index contributed by atoms with van der Waals surface area (Å²) in [6.45, 7) is 0.900.